The molecule has 0 bridgehead atoms. The van der Waals surface area contributed by atoms with Crippen molar-refractivity contribution >= 4 is 17.5 Å². The van der Waals surface area contributed by atoms with Gasteiger partial charge in [-0.3, -0.25) is 4.79 Å². The van der Waals surface area contributed by atoms with Gasteiger partial charge in [-0.1, -0.05) is 23.7 Å². The molecule has 0 spiro atoms. The zero-order valence-corrected chi connectivity index (χ0v) is 12.0. The Morgan fingerprint density at radius 3 is 2.50 bits per heavy atom. The van der Waals surface area contributed by atoms with Crippen LogP contribution in [0.3, 0.4) is 0 Å². The third kappa shape index (κ3) is 5.07. The molecule has 18 heavy (non-hydrogen) atoms. The van der Waals surface area contributed by atoms with Crippen LogP contribution >= 0.6 is 11.6 Å². The summed E-state index contributed by atoms with van der Waals surface area (Å²) in [6.07, 6.45) is 1.45. The van der Waals surface area contributed by atoms with E-state index in [4.69, 9.17) is 11.6 Å². The van der Waals surface area contributed by atoms with Gasteiger partial charge in [0.2, 0.25) is 5.91 Å². The summed E-state index contributed by atoms with van der Waals surface area (Å²) in [4.78, 5) is 13.0. The van der Waals surface area contributed by atoms with Gasteiger partial charge in [0.1, 0.15) is 0 Å². The molecule has 0 radical (unpaired) electrons. The Morgan fingerprint density at radius 2 is 1.94 bits per heavy atom. The van der Waals surface area contributed by atoms with Crippen molar-refractivity contribution in [2.45, 2.75) is 25.8 Å². The van der Waals surface area contributed by atoms with Gasteiger partial charge >= 0.3 is 0 Å². The Labute approximate surface area is 114 Å². The van der Waals surface area contributed by atoms with Crippen LogP contribution in [0, 0.1) is 0 Å². The van der Waals surface area contributed by atoms with Gasteiger partial charge in [0.25, 0.3) is 0 Å². The first kappa shape index (κ1) is 15.0. The number of carbonyl (C=O) groups excluding carboxylic acids is 1. The van der Waals surface area contributed by atoms with Crippen molar-refractivity contribution in [2.75, 3.05) is 20.6 Å². The topological polar surface area (TPSA) is 32.3 Å². The number of halogens is 1. The zero-order chi connectivity index (χ0) is 13.5. The highest BCUT2D eigenvalue weighted by atomic mass is 35.5. The Kier molecular flexibility index (Phi) is 6.16. The van der Waals surface area contributed by atoms with Crippen molar-refractivity contribution in [3.63, 3.8) is 0 Å². The van der Waals surface area contributed by atoms with E-state index in [0.29, 0.717) is 6.42 Å². The van der Waals surface area contributed by atoms with E-state index >= 15 is 0 Å². The first-order valence-corrected chi connectivity index (χ1v) is 6.57. The number of nitrogens with zero attached hydrogens (tertiary/aromatic N) is 1. The third-order valence-corrected chi connectivity index (χ3v) is 3.14. The average Bonchev–Trinajstić information content (AvgIpc) is 2.34. The smallest absolute Gasteiger partial charge is 0.222 e. The number of nitrogens with one attached hydrogen (secondary N) is 1. The maximum absolute atomic E-state index is 11.4. The Balaban J connectivity index is 2.27. The van der Waals surface area contributed by atoms with Crippen LogP contribution in [0.4, 0.5) is 0 Å². The lowest BCUT2D eigenvalue weighted by Gasteiger charge is -2.15. The van der Waals surface area contributed by atoms with Crippen molar-refractivity contribution in [3.05, 3.63) is 34.9 Å². The van der Waals surface area contributed by atoms with Gasteiger partial charge in [0, 0.05) is 31.6 Å². The van der Waals surface area contributed by atoms with Crippen LogP contribution in [-0.4, -0.2) is 31.4 Å². The monoisotopic (exact) mass is 268 g/mol. The Hall–Kier alpha value is -1.06. The molecule has 0 aliphatic rings. The first-order valence-electron chi connectivity index (χ1n) is 6.19. The molecule has 1 amide bonds. The van der Waals surface area contributed by atoms with Gasteiger partial charge in [0.05, 0.1) is 0 Å². The molecular weight excluding hydrogens is 248 g/mol. The number of benzene rings is 1. The average molecular weight is 269 g/mol. The molecule has 1 aromatic rings. The van der Waals surface area contributed by atoms with E-state index in [1.807, 2.05) is 24.3 Å². The van der Waals surface area contributed by atoms with E-state index in [9.17, 15) is 4.79 Å². The van der Waals surface area contributed by atoms with Crippen LogP contribution in [0.15, 0.2) is 24.3 Å². The molecule has 1 rings (SSSR count). The standard InChI is InChI=1S/C14H21ClN2O/c1-11(12-6-8-13(15)9-7-12)16-10-4-5-14(18)17(2)3/h6-9,11,16H,4-5,10H2,1-3H3/t11-/m0/s1. The van der Waals surface area contributed by atoms with Crippen molar-refractivity contribution in [2.24, 2.45) is 0 Å². The van der Waals surface area contributed by atoms with Crippen molar-refractivity contribution in [1.29, 1.82) is 0 Å². The molecule has 1 N–H and O–H groups in total. The molecule has 0 aliphatic heterocycles. The molecule has 100 valence electrons. The fraction of sp³-hybridized carbons (Fsp3) is 0.500. The number of hydrogen-bond acceptors (Lipinski definition) is 2. The molecule has 0 saturated carbocycles. The lowest BCUT2D eigenvalue weighted by Crippen LogP contribution is -2.24. The van der Waals surface area contributed by atoms with Gasteiger partial charge in [0.15, 0.2) is 0 Å². The summed E-state index contributed by atoms with van der Waals surface area (Å²) in [6, 6.07) is 8.10. The zero-order valence-electron chi connectivity index (χ0n) is 11.2. The fourth-order valence-electron chi connectivity index (χ4n) is 1.65. The molecule has 0 saturated heterocycles. The van der Waals surface area contributed by atoms with E-state index in [0.717, 1.165) is 18.0 Å². The lowest BCUT2D eigenvalue weighted by molar-refractivity contribution is -0.128. The van der Waals surface area contributed by atoms with Gasteiger partial charge in [-0.05, 0) is 37.6 Å². The molecule has 0 unspecified atom stereocenters. The summed E-state index contributed by atoms with van der Waals surface area (Å²) in [5, 5.41) is 4.15. The highest BCUT2D eigenvalue weighted by Crippen LogP contribution is 2.15. The highest BCUT2D eigenvalue weighted by molar-refractivity contribution is 6.30. The molecule has 0 fully saturated rings. The molecule has 0 heterocycles. The largest absolute Gasteiger partial charge is 0.349 e. The molecule has 1 aromatic carbocycles. The van der Waals surface area contributed by atoms with Gasteiger partial charge in [-0.15, -0.1) is 0 Å². The second kappa shape index (κ2) is 7.39. The minimum atomic E-state index is 0.177. The SMILES string of the molecule is C[C@H](NCCCC(=O)N(C)C)c1ccc(Cl)cc1. The van der Waals surface area contributed by atoms with Crippen LogP contribution in [0.5, 0.6) is 0 Å². The Morgan fingerprint density at radius 1 is 1.33 bits per heavy atom. The predicted octanol–water partition coefficient (Wildman–Crippen LogP) is 2.86. The van der Waals surface area contributed by atoms with E-state index in [2.05, 4.69) is 12.2 Å². The van der Waals surface area contributed by atoms with E-state index in [1.165, 1.54) is 5.56 Å². The maximum atomic E-state index is 11.4. The third-order valence-electron chi connectivity index (χ3n) is 2.89. The van der Waals surface area contributed by atoms with Gasteiger partial charge < -0.3 is 10.2 Å². The minimum absolute atomic E-state index is 0.177. The van der Waals surface area contributed by atoms with Crippen molar-refractivity contribution in [3.8, 4) is 0 Å². The second-order valence-corrected chi connectivity index (χ2v) is 5.06. The second-order valence-electron chi connectivity index (χ2n) is 4.62. The van der Waals surface area contributed by atoms with E-state index in [-0.39, 0.29) is 11.9 Å². The van der Waals surface area contributed by atoms with Crippen molar-refractivity contribution < 1.29 is 4.79 Å². The molecule has 4 heteroatoms. The van der Waals surface area contributed by atoms with Crippen LogP contribution in [0.2, 0.25) is 5.02 Å². The number of amides is 1. The number of rotatable bonds is 6. The molecular formula is C14H21ClN2O. The van der Waals surface area contributed by atoms with Crippen LogP contribution < -0.4 is 5.32 Å². The summed E-state index contributed by atoms with van der Waals surface area (Å²) in [7, 11) is 3.57. The minimum Gasteiger partial charge on any atom is -0.349 e. The Bertz CT molecular complexity index is 376. The summed E-state index contributed by atoms with van der Waals surface area (Å²) in [5.74, 6) is 0.177. The summed E-state index contributed by atoms with van der Waals surface area (Å²) >= 11 is 5.85. The molecule has 0 aromatic heterocycles. The van der Waals surface area contributed by atoms with Gasteiger partial charge in [-0.25, -0.2) is 0 Å². The maximum Gasteiger partial charge on any atom is 0.222 e. The normalized spacial score (nSPS) is 12.2. The molecule has 1 atom stereocenters. The van der Waals surface area contributed by atoms with Crippen LogP contribution in [0.1, 0.15) is 31.4 Å². The van der Waals surface area contributed by atoms with Gasteiger partial charge in [-0.2, -0.15) is 0 Å². The molecule has 0 aliphatic carbocycles. The predicted molar refractivity (Wildman–Crippen MR) is 75.8 cm³/mol. The highest BCUT2D eigenvalue weighted by Gasteiger charge is 2.06. The summed E-state index contributed by atoms with van der Waals surface area (Å²) in [6.45, 7) is 2.94. The summed E-state index contributed by atoms with van der Waals surface area (Å²) < 4.78 is 0. The van der Waals surface area contributed by atoms with Crippen LogP contribution in [0.25, 0.3) is 0 Å². The van der Waals surface area contributed by atoms with Crippen LogP contribution in [-0.2, 0) is 4.79 Å². The van der Waals surface area contributed by atoms with E-state index in [1.54, 1.807) is 19.0 Å². The quantitative estimate of drug-likeness (QED) is 0.805. The lowest BCUT2D eigenvalue weighted by atomic mass is 10.1. The van der Waals surface area contributed by atoms with Crippen molar-refractivity contribution in [1.82, 2.24) is 10.2 Å². The van der Waals surface area contributed by atoms with E-state index < -0.39 is 0 Å². The molecule has 3 nitrogen and oxygen atoms in total. The fourth-order valence-corrected chi connectivity index (χ4v) is 1.78. The summed E-state index contributed by atoms with van der Waals surface area (Å²) in [5.41, 5.74) is 1.21. The number of hydrogen-bond donors (Lipinski definition) is 1. The number of carbonyl (C=O) groups is 1. The first-order chi connectivity index (χ1) is 8.50.